The molecule has 0 saturated heterocycles. The topological polar surface area (TPSA) is 497 Å². The second-order valence-corrected chi connectivity index (χ2v) is 23.0. The van der Waals surface area contributed by atoms with E-state index in [1.54, 1.807) is 0 Å². The van der Waals surface area contributed by atoms with Gasteiger partial charge in [0.2, 0.25) is 0 Å². The summed E-state index contributed by atoms with van der Waals surface area (Å²) in [7, 11) is -35.2. The van der Waals surface area contributed by atoms with Crippen molar-refractivity contribution < 1.29 is 134 Å². The predicted octanol–water partition coefficient (Wildman–Crippen LogP) is -5.51. The van der Waals surface area contributed by atoms with Gasteiger partial charge in [-0.15, -0.1) is 0 Å². The quantitative estimate of drug-likeness (QED) is 0.0641. The molecule has 0 aliphatic heterocycles. The van der Waals surface area contributed by atoms with Crippen molar-refractivity contribution in [2.75, 3.05) is 28.4 Å². The molecule has 0 aliphatic carbocycles. The molecule has 8 unspecified atom stereocenters. The first-order chi connectivity index (χ1) is 18.9. The van der Waals surface area contributed by atoms with Gasteiger partial charge in [0.1, 0.15) is 0 Å². The minimum absolute atomic E-state index is 0. The first-order valence-electron chi connectivity index (χ1n) is 9.32. The average Bonchev–Trinajstić information content (AvgIpc) is 2.85. The van der Waals surface area contributed by atoms with E-state index in [1.807, 2.05) is 0 Å². The summed E-state index contributed by atoms with van der Waals surface area (Å²) in [6, 6.07) is 0. The number of rotatable bonds is 12. The molecule has 0 bridgehead atoms. The molecule has 0 fully saturated rings. The van der Waals surface area contributed by atoms with Crippen molar-refractivity contribution in [2.24, 2.45) is 0 Å². The second kappa shape index (κ2) is 28.4. The number of aliphatic hydroxyl groups is 4. The van der Waals surface area contributed by atoms with Gasteiger partial charge in [-0.05, 0) is 0 Å². The fourth-order valence-corrected chi connectivity index (χ4v) is 9.11. The van der Waals surface area contributed by atoms with E-state index in [4.69, 9.17) is 79.1 Å². The van der Waals surface area contributed by atoms with Gasteiger partial charge >= 0.3 is 179 Å². The van der Waals surface area contributed by atoms with Crippen LogP contribution in [-0.2, 0) is 54.6 Å². The molecule has 0 aromatic heterocycles. The molecule has 0 aromatic rings. The summed E-state index contributed by atoms with van der Waals surface area (Å²) >= 11 is 0. The van der Waals surface area contributed by atoms with Crippen molar-refractivity contribution in [2.45, 2.75) is 22.3 Å². The molecule has 0 aromatic carbocycles. The van der Waals surface area contributed by atoms with Gasteiger partial charge < -0.3 is 97.2 Å². The Morgan fingerprint density at radius 2 is 0.396 bits per heavy atom. The van der Waals surface area contributed by atoms with Crippen LogP contribution in [0.25, 0.3) is 0 Å². The summed E-state index contributed by atoms with van der Waals surface area (Å²) in [5, 5.41) is 34.0. The zero-order valence-electron chi connectivity index (χ0n) is 21.9. The molecule has 40 heteroatoms. The van der Waals surface area contributed by atoms with E-state index in [-0.39, 0.29) is 118 Å². The van der Waals surface area contributed by atoms with Gasteiger partial charge in [0, 0.05) is 28.4 Å². The first-order valence-corrected chi connectivity index (χ1v) is 22.6. The van der Waals surface area contributed by atoms with E-state index in [0.29, 0.717) is 0 Å². The van der Waals surface area contributed by atoms with Crippen LogP contribution in [0.4, 0.5) is 0 Å². The molecule has 0 heterocycles. The molecular formula is C8H36Na4O28P8. The van der Waals surface area contributed by atoms with Crippen molar-refractivity contribution >= 4 is 179 Å². The van der Waals surface area contributed by atoms with Gasteiger partial charge in [-0.3, -0.25) is 36.5 Å². The fraction of sp³-hybridized carbons (Fsp3) is 1.00. The maximum atomic E-state index is 10.5. The summed E-state index contributed by atoms with van der Waals surface area (Å²) < 4.78 is 97.9. The summed E-state index contributed by atoms with van der Waals surface area (Å²) in [4.78, 5) is 99.7. The van der Waals surface area contributed by atoms with E-state index in [1.165, 1.54) is 0 Å². The third-order valence-electron chi connectivity index (χ3n) is 3.42. The second-order valence-electron chi connectivity index (χ2n) is 6.73. The summed E-state index contributed by atoms with van der Waals surface area (Å²) in [5.74, 6) is 0. The Bertz CT molecular complexity index is 1080. The van der Waals surface area contributed by atoms with Gasteiger partial charge in [0.25, 0.3) is 22.3 Å². The molecule has 0 amide bonds. The molecule has 0 spiro atoms. The van der Waals surface area contributed by atoms with Crippen LogP contribution in [-0.4, -0.2) is 248 Å². The van der Waals surface area contributed by atoms with Crippen LogP contribution in [0.5, 0.6) is 0 Å². The Hall–Kier alpha value is 5.04. The van der Waals surface area contributed by atoms with Gasteiger partial charge in [0.05, 0.1) is 0 Å². The van der Waals surface area contributed by atoms with Gasteiger partial charge in [0.15, 0.2) is 0 Å². The minimum atomic E-state index is -4.98. The molecule has 0 aliphatic rings. The average molecular weight is 920 g/mol. The third-order valence-corrected chi connectivity index (χ3v) is 17.4. The van der Waals surface area contributed by atoms with Crippen LogP contribution >= 0.6 is 60.8 Å². The molecule has 16 N–H and O–H groups in total. The monoisotopic (exact) mass is 920 g/mol. The van der Waals surface area contributed by atoms with Crippen LogP contribution in [0.1, 0.15) is 0 Å². The van der Waals surface area contributed by atoms with Gasteiger partial charge in [-0.25, -0.2) is 0 Å². The summed E-state index contributed by atoms with van der Waals surface area (Å²) in [6.07, 6.45) is 0. The Labute approximate surface area is 359 Å². The molecule has 0 radical (unpaired) electrons. The van der Waals surface area contributed by atoms with Crippen LogP contribution in [0.15, 0.2) is 0 Å². The van der Waals surface area contributed by atoms with Crippen LogP contribution in [0, 0.1) is 0 Å². The van der Waals surface area contributed by atoms with E-state index in [9.17, 15) is 36.5 Å². The van der Waals surface area contributed by atoms with Crippen LogP contribution in [0.2, 0.25) is 0 Å². The first kappa shape index (κ1) is 70.8. The number of aliphatic hydroxyl groups excluding tert-OH is 4. The van der Waals surface area contributed by atoms with Crippen LogP contribution in [0.3, 0.4) is 0 Å². The molecule has 280 valence electrons. The zero-order valence-corrected chi connectivity index (χ0v) is 29.1. The molecular weight excluding hydrogens is 884 g/mol. The SMILES string of the molecule is COP(=O)(O)C(O)P(=O)(O)O.COP(=O)(O)C(O)P(=O)(O)O.COP(=O)(O)C(O)P(=O)(O)O.COP(=O)(O)C(O)P(=O)(O)O.[NaH].[NaH].[NaH].[NaH]. The molecule has 0 rings (SSSR count). The zero-order chi connectivity index (χ0) is 37.1. The van der Waals surface area contributed by atoms with E-state index in [2.05, 4.69) is 18.1 Å². The number of hydrogen-bond acceptors (Lipinski definition) is 16. The van der Waals surface area contributed by atoms with E-state index < -0.39 is 83.1 Å². The Morgan fingerprint density at radius 3 is 0.417 bits per heavy atom. The Kier molecular flexibility index (Phi) is 42.0. The summed E-state index contributed by atoms with van der Waals surface area (Å²) in [5.41, 5.74) is -10.7. The van der Waals surface area contributed by atoms with Crippen molar-refractivity contribution in [3.05, 3.63) is 0 Å². The molecule has 8 atom stereocenters. The third kappa shape index (κ3) is 30.2. The fourth-order valence-electron chi connectivity index (χ4n) is 1.14. The van der Waals surface area contributed by atoms with E-state index >= 15 is 0 Å². The standard InChI is InChI=1S/4C2H8O7P2.4Na.4H/c4*1-9-11(7,8)2(3)10(4,5)6;;;;;;;;/h4*2-3H,1H3,(H,7,8)(H2,4,5,6);;;;;;;;. The Morgan fingerprint density at radius 1 is 0.312 bits per heavy atom. The Balaban J connectivity index is -0.0000000721. The van der Waals surface area contributed by atoms with Gasteiger partial charge in [-0.2, -0.15) is 0 Å². The van der Waals surface area contributed by atoms with Crippen molar-refractivity contribution in [1.82, 2.24) is 0 Å². The van der Waals surface area contributed by atoms with Crippen LogP contribution < -0.4 is 0 Å². The van der Waals surface area contributed by atoms with Crippen molar-refractivity contribution in [1.29, 1.82) is 0 Å². The van der Waals surface area contributed by atoms with Crippen molar-refractivity contribution in [3.8, 4) is 0 Å². The normalized spacial score (nSPS) is 19.1. The van der Waals surface area contributed by atoms with Gasteiger partial charge in [-0.1, -0.05) is 0 Å². The molecule has 48 heavy (non-hydrogen) atoms. The molecule has 28 nitrogen and oxygen atoms in total. The molecule has 0 saturated carbocycles. The maximum absolute atomic E-state index is 10.5. The number of hydrogen-bond donors (Lipinski definition) is 16. The van der Waals surface area contributed by atoms with Crippen molar-refractivity contribution in [3.63, 3.8) is 0 Å². The summed E-state index contributed by atoms with van der Waals surface area (Å²) in [6.45, 7) is 0. The van der Waals surface area contributed by atoms with E-state index in [0.717, 1.165) is 28.4 Å². The predicted molar refractivity (Wildman–Crippen MR) is 168 cm³/mol.